The van der Waals surface area contributed by atoms with Crippen molar-refractivity contribution in [1.82, 2.24) is 9.97 Å². The molecule has 0 amide bonds. The van der Waals surface area contributed by atoms with Crippen LogP contribution in [0.15, 0.2) is 66.7 Å². The van der Waals surface area contributed by atoms with Gasteiger partial charge in [-0.2, -0.15) is 5.26 Å². The van der Waals surface area contributed by atoms with Crippen LogP contribution in [0.4, 0.5) is 10.1 Å². The number of hydrogen-bond donors (Lipinski definition) is 1. The van der Waals surface area contributed by atoms with Gasteiger partial charge in [-0.3, -0.25) is 10.1 Å². The predicted molar refractivity (Wildman–Crippen MR) is 113 cm³/mol. The molecule has 31 heavy (non-hydrogen) atoms. The van der Waals surface area contributed by atoms with E-state index >= 15 is 0 Å². The Labute approximate surface area is 176 Å². The Hall–Kier alpha value is -4.51. The average molecular weight is 414 g/mol. The number of fused-ring (bicyclic) bond motifs is 1. The number of allylic oxidation sites excluding steroid dienone is 1. The monoisotopic (exact) mass is 414 g/mol. The lowest BCUT2D eigenvalue weighted by molar-refractivity contribution is -0.384. The number of nitro benzene ring substituents is 1. The number of nitro groups is 1. The Morgan fingerprint density at radius 3 is 2.68 bits per heavy atom. The zero-order valence-corrected chi connectivity index (χ0v) is 16.1. The van der Waals surface area contributed by atoms with E-state index in [4.69, 9.17) is 4.74 Å². The minimum atomic E-state index is -0.520. The first kappa shape index (κ1) is 19.8. The van der Waals surface area contributed by atoms with Crippen molar-refractivity contribution in [3.05, 3.63) is 99.6 Å². The number of halogens is 1. The number of hydrogen-bond acceptors (Lipinski definition) is 5. The van der Waals surface area contributed by atoms with Gasteiger partial charge in [-0.1, -0.05) is 24.3 Å². The number of nitrogens with one attached hydrogen (secondary N) is 1. The largest absolute Gasteiger partial charge is 0.488 e. The molecule has 0 aliphatic heterocycles. The molecule has 0 spiro atoms. The number of aromatic nitrogens is 2. The van der Waals surface area contributed by atoms with Gasteiger partial charge in [0.1, 0.15) is 30.1 Å². The Balaban J connectivity index is 1.71. The molecule has 0 bridgehead atoms. The van der Waals surface area contributed by atoms with Gasteiger partial charge in [0, 0.05) is 17.7 Å². The molecular weight excluding hydrogens is 399 g/mol. The van der Waals surface area contributed by atoms with Crippen LogP contribution in [0.2, 0.25) is 0 Å². The van der Waals surface area contributed by atoms with Crippen LogP contribution >= 0.6 is 0 Å². The van der Waals surface area contributed by atoms with Crippen LogP contribution in [0.1, 0.15) is 17.0 Å². The van der Waals surface area contributed by atoms with Crippen LogP contribution in [0.25, 0.3) is 22.7 Å². The summed E-state index contributed by atoms with van der Waals surface area (Å²) in [7, 11) is 0. The molecule has 0 unspecified atom stereocenters. The molecule has 8 heteroatoms. The van der Waals surface area contributed by atoms with Crippen LogP contribution in [0, 0.1) is 27.3 Å². The standard InChI is InChI=1S/C23H15FN4O3/c24-18-7-5-15(6-8-18)14-31-22-10-9-19(28(29)30)12-16(22)11-17(13-25)23-26-20-3-1-2-4-21(20)27-23/h1-12H,14H2,(H,26,27)/b17-11+. The molecular formula is C23H15FN4O3. The van der Waals surface area contributed by atoms with Crippen molar-refractivity contribution < 1.29 is 14.1 Å². The highest BCUT2D eigenvalue weighted by Crippen LogP contribution is 2.29. The topological polar surface area (TPSA) is 105 Å². The number of rotatable bonds is 6. The van der Waals surface area contributed by atoms with Crippen LogP contribution in [-0.2, 0) is 6.61 Å². The highest BCUT2D eigenvalue weighted by Gasteiger charge is 2.14. The van der Waals surface area contributed by atoms with Gasteiger partial charge >= 0.3 is 0 Å². The van der Waals surface area contributed by atoms with E-state index in [1.165, 1.54) is 36.4 Å². The number of nitriles is 1. The van der Waals surface area contributed by atoms with Crippen molar-refractivity contribution in [2.24, 2.45) is 0 Å². The normalized spacial score (nSPS) is 11.3. The Bertz CT molecular complexity index is 1300. The molecule has 1 N–H and O–H groups in total. The molecule has 0 fully saturated rings. The lowest BCUT2D eigenvalue weighted by atomic mass is 10.1. The molecule has 4 aromatic rings. The molecule has 0 saturated heterocycles. The molecule has 0 aliphatic carbocycles. The predicted octanol–water partition coefficient (Wildman–Crippen LogP) is 5.25. The summed E-state index contributed by atoms with van der Waals surface area (Å²) < 4.78 is 18.9. The van der Waals surface area contributed by atoms with Crippen LogP contribution in [0.3, 0.4) is 0 Å². The van der Waals surface area contributed by atoms with E-state index < -0.39 is 4.92 Å². The van der Waals surface area contributed by atoms with Gasteiger partial charge in [0.2, 0.25) is 0 Å². The first-order valence-corrected chi connectivity index (χ1v) is 9.26. The maximum absolute atomic E-state index is 13.1. The molecule has 7 nitrogen and oxygen atoms in total. The van der Waals surface area contributed by atoms with E-state index in [0.717, 1.165) is 11.1 Å². The summed E-state index contributed by atoms with van der Waals surface area (Å²) in [6, 6.07) is 19.4. The summed E-state index contributed by atoms with van der Waals surface area (Å²) in [4.78, 5) is 18.2. The molecule has 0 radical (unpaired) electrons. The van der Waals surface area contributed by atoms with E-state index in [0.29, 0.717) is 22.7 Å². The third-order valence-corrected chi connectivity index (χ3v) is 4.58. The van der Waals surface area contributed by atoms with Crippen molar-refractivity contribution in [3.63, 3.8) is 0 Å². The van der Waals surface area contributed by atoms with Crippen molar-refractivity contribution in [2.75, 3.05) is 0 Å². The zero-order valence-electron chi connectivity index (χ0n) is 16.1. The van der Waals surface area contributed by atoms with E-state index in [2.05, 4.69) is 16.0 Å². The highest BCUT2D eigenvalue weighted by atomic mass is 19.1. The van der Waals surface area contributed by atoms with Gasteiger partial charge in [0.15, 0.2) is 0 Å². The van der Waals surface area contributed by atoms with E-state index in [9.17, 15) is 19.8 Å². The smallest absolute Gasteiger partial charge is 0.270 e. The first-order chi connectivity index (χ1) is 15.0. The minimum Gasteiger partial charge on any atom is -0.488 e. The second-order valence-corrected chi connectivity index (χ2v) is 6.67. The third kappa shape index (κ3) is 4.41. The van der Waals surface area contributed by atoms with E-state index in [1.54, 1.807) is 12.1 Å². The number of nitrogens with zero attached hydrogens (tertiary/aromatic N) is 3. The fourth-order valence-corrected chi connectivity index (χ4v) is 3.02. The molecule has 0 aliphatic rings. The summed E-state index contributed by atoms with van der Waals surface area (Å²) in [5.74, 6) is 0.339. The van der Waals surface area contributed by atoms with Gasteiger partial charge in [-0.05, 0) is 42.0 Å². The number of imidazole rings is 1. The van der Waals surface area contributed by atoms with Gasteiger partial charge in [-0.15, -0.1) is 0 Å². The molecule has 1 aromatic heterocycles. The third-order valence-electron chi connectivity index (χ3n) is 4.58. The lowest BCUT2D eigenvalue weighted by Gasteiger charge is -2.10. The highest BCUT2D eigenvalue weighted by molar-refractivity contribution is 5.91. The Kier molecular flexibility index (Phi) is 5.41. The van der Waals surface area contributed by atoms with Gasteiger partial charge in [-0.25, -0.2) is 9.37 Å². The van der Waals surface area contributed by atoms with Crippen molar-refractivity contribution >= 4 is 28.4 Å². The fourth-order valence-electron chi connectivity index (χ4n) is 3.02. The fraction of sp³-hybridized carbons (Fsp3) is 0.0435. The van der Waals surface area contributed by atoms with Gasteiger partial charge in [0.25, 0.3) is 5.69 Å². The molecule has 3 aromatic carbocycles. The van der Waals surface area contributed by atoms with Crippen LogP contribution < -0.4 is 4.74 Å². The second-order valence-electron chi connectivity index (χ2n) is 6.67. The lowest BCUT2D eigenvalue weighted by Crippen LogP contribution is -1.98. The van der Waals surface area contributed by atoms with Crippen molar-refractivity contribution in [1.29, 1.82) is 5.26 Å². The average Bonchev–Trinajstić information content (AvgIpc) is 3.21. The molecule has 0 saturated carbocycles. The number of aromatic amines is 1. The van der Waals surface area contributed by atoms with E-state index in [-0.39, 0.29) is 23.7 Å². The maximum Gasteiger partial charge on any atom is 0.270 e. The Morgan fingerprint density at radius 1 is 1.19 bits per heavy atom. The maximum atomic E-state index is 13.1. The van der Waals surface area contributed by atoms with Gasteiger partial charge in [0.05, 0.1) is 21.5 Å². The summed E-state index contributed by atoms with van der Waals surface area (Å²) in [6.45, 7) is 0.130. The van der Waals surface area contributed by atoms with Crippen LogP contribution in [0.5, 0.6) is 5.75 Å². The van der Waals surface area contributed by atoms with Gasteiger partial charge < -0.3 is 9.72 Å². The Morgan fingerprint density at radius 2 is 1.97 bits per heavy atom. The molecule has 152 valence electrons. The summed E-state index contributed by atoms with van der Waals surface area (Å²) in [5, 5.41) is 20.9. The number of H-pyrrole nitrogens is 1. The number of non-ortho nitro benzene ring substituents is 1. The quantitative estimate of drug-likeness (QED) is 0.263. The van der Waals surface area contributed by atoms with Crippen molar-refractivity contribution in [3.8, 4) is 11.8 Å². The number of para-hydroxylation sites is 2. The first-order valence-electron chi connectivity index (χ1n) is 9.26. The van der Waals surface area contributed by atoms with Crippen LogP contribution in [-0.4, -0.2) is 14.9 Å². The molecule has 0 atom stereocenters. The SMILES string of the molecule is N#C/C(=C\c1cc([N+](=O)[O-])ccc1OCc1ccc(F)cc1)c1nc2ccccc2[nH]1. The zero-order chi connectivity index (χ0) is 21.8. The summed E-state index contributed by atoms with van der Waals surface area (Å²) in [6.07, 6.45) is 1.49. The number of benzene rings is 3. The number of ether oxygens (including phenoxy) is 1. The summed E-state index contributed by atoms with van der Waals surface area (Å²) in [5.41, 5.74) is 2.61. The summed E-state index contributed by atoms with van der Waals surface area (Å²) >= 11 is 0. The van der Waals surface area contributed by atoms with Crippen molar-refractivity contribution in [2.45, 2.75) is 6.61 Å². The molecule has 1 heterocycles. The second kappa shape index (κ2) is 8.47. The minimum absolute atomic E-state index is 0.130. The van der Waals surface area contributed by atoms with E-state index in [1.807, 2.05) is 24.3 Å². The molecule has 4 rings (SSSR count).